The van der Waals surface area contributed by atoms with Crippen LogP contribution in [0.4, 0.5) is 0 Å². The van der Waals surface area contributed by atoms with Crippen LogP contribution < -0.4 is 0 Å². The number of β-lactam (4-membered cyclic amide) rings is 1. The van der Waals surface area contributed by atoms with Crippen LogP contribution >= 0.6 is 11.8 Å². The maximum atomic E-state index is 11.1. The summed E-state index contributed by atoms with van der Waals surface area (Å²) in [5.41, 5.74) is 1.37. The van der Waals surface area contributed by atoms with Crippen LogP contribution in [0.1, 0.15) is 19.3 Å². The molecule has 3 heteroatoms. The molecule has 2 rings (SSSR count). The molecule has 2 heterocycles. The van der Waals surface area contributed by atoms with Gasteiger partial charge in [0, 0.05) is 12.0 Å². The van der Waals surface area contributed by atoms with Crippen LogP contribution in [-0.2, 0) is 4.79 Å². The summed E-state index contributed by atoms with van der Waals surface area (Å²) in [6, 6.07) is 0. The summed E-state index contributed by atoms with van der Waals surface area (Å²) < 4.78 is 0. The summed E-state index contributed by atoms with van der Waals surface area (Å²) >= 11 is 1.88. The van der Waals surface area contributed by atoms with Crippen molar-refractivity contribution < 1.29 is 4.79 Å². The number of nitrogens with zero attached hydrogens (tertiary/aromatic N) is 1. The lowest BCUT2D eigenvalue weighted by Gasteiger charge is -2.41. The molecule has 2 aliphatic heterocycles. The fourth-order valence-corrected chi connectivity index (χ4v) is 2.78. The molecule has 0 bridgehead atoms. The first-order valence-corrected chi connectivity index (χ1v) is 5.59. The zero-order chi connectivity index (χ0) is 9.26. The highest BCUT2D eigenvalue weighted by Crippen LogP contribution is 2.36. The molecule has 0 saturated carbocycles. The molecule has 0 spiro atoms. The van der Waals surface area contributed by atoms with Crippen molar-refractivity contribution in [3.63, 3.8) is 0 Å². The van der Waals surface area contributed by atoms with Gasteiger partial charge in [-0.3, -0.25) is 4.79 Å². The summed E-state index contributed by atoms with van der Waals surface area (Å²) in [6.45, 7) is 3.69. The van der Waals surface area contributed by atoms with Crippen molar-refractivity contribution in [1.29, 1.82) is 0 Å². The Balaban J connectivity index is 1.97. The van der Waals surface area contributed by atoms with Crippen molar-refractivity contribution >= 4 is 17.7 Å². The van der Waals surface area contributed by atoms with Gasteiger partial charge in [-0.25, -0.2) is 0 Å². The molecule has 1 saturated heterocycles. The third-order valence-electron chi connectivity index (χ3n) is 2.40. The third-order valence-corrected chi connectivity index (χ3v) is 3.72. The van der Waals surface area contributed by atoms with E-state index in [4.69, 9.17) is 0 Å². The van der Waals surface area contributed by atoms with Gasteiger partial charge in [-0.15, -0.1) is 18.3 Å². The highest BCUT2D eigenvalue weighted by atomic mass is 32.2. The second-order valence-electron chi connectivity index (χ2n) is 3.39. The summed E-state index contributed by atoms with van der Waals surface area (Å²) in [4.78, 5) is 13.0. The van der Waals surface area contributed by atoms with Gasteiger partial charge in [0.05, 0.1) is 11.8 Å². The van der Waals surface area contributed by atoms with Crippen LogP contribution in [0.15, 0.2) is 24.4 Å². The molecule has 1 atom stereocenters. The van der Waals surface area contributed by atoms with E-state index in [1.165, 1.54) is 5.57 Å². The molecule has 0 aromatic heterocycles. The first-order valence-electron chi connectivity index (χ1n) is 4.54. The molecular weight excluding hydrogens is 182 g/mol. The normalized spacial score (nSPS) is 26.2. The molecule has 0 N–H and O–H groups in total. The van der Waals surface area contributed by atoms with Crippen molar-refractivity contribution in [3.8, 4) is 0 Å². The van der Waals surface area contributed by atoms with Crippen LogP contribution in [-0.4, -0.2) is 21.9 Å². The van der Waals surface area contributed by atoms with Crippen molar-refractivity contribution in [3.05, 3.63) is 24.4 Å². The van der Waals surface area contributed by atoms with E-state index in [0.29, 0.717) is 5.37 Å². The highest BCUT2D eigenvalue weighted by molar-refractivity contribution is 8.00. The lowest BCUT2D eigenvalue weighted by molar-refractivity contribution is -0.137. The van der Waals surface area contributed by atoms with Crippen molar-refractivity contribution in [1.82, 2.24) is 4.90 Å². The number of thioether (sulfide) groups is 1. The zero-order valence-electron chi connectivity index (χ0n) is 7.53. The lowest BCUT2D eigenvalue weighted by atomic mass is 10.1. The van der Waals surface area contributed by atoms with Crippen LogP contribution in [0.2, 0.25) is 0 Å². The van der Waals surface area contributed by atoms with Crippen LogP contribution in [0, 0.1) is 0 Å². The topological polar surface area (TPSA) is 20.3 Å². The molecule has 0 aromatic carbocycles. The molecule has 70 valence electrons. The van der Waals surface area contributed by atoms with E-state index < -0.39 is 0 Å². The van der Waals surface area contributed by atoms with Gasteiger partial charge < -0.3 is 4.90 Å². The van der Waals surface area contributed by atoms with Crippen molar-refractivity contribution in [2.45, 2.75) is 24.6 Å². The number of allylic oxidation sites excluding steroid dienone is 1. The Morgan fingerprint density at radius 1 is 1.77 bits per heavy atom. The molecule has 13 heavy (non-hydrogen) atoms. The smallest absolute Gasteiger partial charge is 0.230 e. The second kappa shape index (κ2) is 3.58. The minimum Gasteiger partial charge on any atom is -0.306 e. The fraction of sp³-hybridized carbons (Fsp3) is 0.500. The average molecular weight is 195 g/mol. The van der Waals surface area contributed by atoms with Crippen LogP contribution in [0.3, 0.4) is 0 Å². The Morgan fingerprint density at radius 3 is 3.31 bits per heavy atom. The fourth-order valence-electron chi connectivity index (χ4n) is 1.56. The van der Waals surface area contributed by atoms with E-state index in [0.717, 1.165) is 25.0 Å². The predicted octanol–water partition coefficient (Wildman–Crippen LogP) is 2.14. The third kappa shape index (κ3) is 1.66. The molecule has 0 unspecified atom stereocenters. The largest absolute Gasteiger partial charge is 0.306 e. The van der Waals surface area contributed by atoms with Crippen molar-refractivity contribution in [2.75, 3.05) is 5.75 Å². The molecule has 0 radical (unpaired) electrons. The van der Waals surface area contributed by atoms with E-state index in [9.17, 15) is 4.79 Å². The number of carbonyl (C=O) groups is 1. The number of hydrogen-bond donors (Lipinski definition) is 0. The van der Waals surface area contributed by atoms with E-state index in [-0.39, 0.29) is 5.91 Å². The van der Waals surface area contributed by atoms with Gasteiger partial charge >= 0.3 is 0 Å². The first kappa shape index (κ1) is 8.88. The summed E-state index contributed by atoms with van der Waals surface area (Å²) in [6.07, 6.45) is 6.76. The zero-order valence-corrected chi connectivity index (χ0v) is 8.35. The Bertz CT molecular complexity index is 272. The summed E-state index contributed by atoms with van der Waals surface area (Å²) in [5.74, 6) is 1.36. The quantitative estimate of drug-likeness (QED) is 0.508. The standard InChI is InChI=1S/C10H13NOS/c1-2-3-4-8-6-11-9(12)5-10(11)13-7-8/h2,6,10H,1,3-5,7H2/t10-/m0/s1. The summed E-state index contributed by atoms with van der Waals surface area (Å²) in [7, 11) is 0. The first-order chi connectivity index (χ1) is 6.31. The van der Waals surface area contributed by atoms with E-state index in [1.807, 2.05) is 28.9 Å². The number of hydrogen-bond acceptors (Lipinski definition) is 2. The van der Waals surface area contributed by atoms with E-state index in [1.54, 1.807) is 0 Å². The monoisotopic (exact) mass is 195 g/mol. The van der Waals surface area contributed by atoms with Crippen LogP contribution in [0.5, 0.6) is 0 Å². The maximum Gasteiger partial charge on any atom is 0.230 e. The molecule has 0 aromatic rings. The van der Waals surface area contributed by atoms with Gasteiger partial charge in [-0.05, 0) is 18.4 Å². The number of fused-ring (bicyclic) bond motifs is 1. The number of rotatable bonds is 3. The lowest BCUT2D eigenvalue weighted by Crippen LogP contribution is -2.49. The van der Waals surface area contributed by atoms with Gasteiger partial charge in [0.2, 0.25) is 5.91 Å². The minimum absolute atomic E-state index is 0.272. The molecule has 1 amide bonds. The van der Waals surface area contributed by atoms with Crippen molar-refractivity contribution in [2.24, 2.45) is 0 Å². The van der Waals surface area contributed by atoms with Gasteiger partial charge in [0.1, 0.15) is 0 Å². The Morgan fingerprint density at radius 2 is 2.62 bits per heavy atom. The van der Waals surface area contributed by atoms with E-state index >= 15 is 0 Å². The molecule has 0 aliphatic carbocycles. The Labute approximate surface area is 82.7 Å². The van der Waals surface area contributed by atoms with E-state index in [2.05, 4.69) is 6.58 Å². The maximum absolute atomic E-state index is 11.1. The minimum atomic E-state index is 0.272. The number of amides is 1. The average Bonchev–Trinajstić information content (AvgIpc) is 2.14. The summed E-state index contributed by atoms with van der Waals surface area (Å²) in [5, 5.41) is 0.444. The molecule has 1 fully saturated rings. The van der Waals surface area contributed by atoms with Gasteiger partial charge in [-0.1, -0.05) is 6.08 Å². The number of carbonyl (C=O) groups excluding carboxylic acids is 1. The van der Waals surface area contributed by atoms with Gasteiger partial charge in [0.25, 0.3) is 0 Å². The molecule has 2 nitrogen and oxygen atoms in total. The Kier molecular flexibility index (Phi) is 2.44. The van der Waals surface area contributed by atoms with Crippen LogP contribution in [0.25, 0.3) is 0 Å². The highest BCUT2D eigenvalue weighted by Gasteiger charge is 2.37. The van der Waals surface area contributed by atoms with Gasteiger partial charge in [0.15, 0.2) is 0 Å². The molecular formula is C10H13NOS. The van der Waals surface area contributed by atoms with Gasteiger partial charge in [-0.2, -0.15) is 0 Å². The SMILES string of the molecule is C=CCCC1=CN2C(=O)C[C@@H]2SC1. The molecule has 2 aliphatic rings. The second-order valence-corrected chi connectivity index (χ2v) is 4.55. The Hall–Kier alpha value is -0.700. The predicted molar refractivity (Wildman–Crippen MR) is 55.2 cm³/mol.